The van der Waals surface area contributed by atoms with Gasteiger partial charge < -0.3 is 20.1 Å². The van der Waals surface area contributed by atoms with Crippen LogP contribution in [0.4, 0.5) is 11.4 Å². The maximum absolute atomic E-state index is 13.7. The van der Waals surface area contributed by atoms with Crippen molar-refractivity contribution in [2.24, 2.45) is 0 Å². The van der Waals surface area contributed by atoms with E-state index in [-0.39, 0.29) is 17.7 Å². The number of Topliss-reactive ketones (excluding diaryl/α,β-unsaturated/α-hetero) is 1. The van der Waals surface area contributed by atoms with Crippen LogP contribution in [0.5, 0.6) is 11.5 Å². The molecule has 0 amide bonds. The first-order valence-electron chi connectivity index (χ1n) is 10.9. The van der Waals surface area contributed by atoms with Crippen LogP contribution in [-0.4, -0.2) is 20.0 Å². The van der Waals surface area contributed by atoms with E-state index in [1.54, 1.807) is 14.2 Å². The van der Waals surface area contributed by atoms with Crippen molar-refractivity contribution in [2.75, 3.05) is 24.9 Å². The third kappa shape index (κ3) is 4.05. The van der Waals surface area contributed by atoms with E-state index in [0.717, 1.165) is 40.2 Å². The molecule has 0 fully saturated rings. The fraction of sp³-hybridized carbons (Fsp3) is 0.222. The molecule has 5 rings (SSSR count). The van der Waals surface area contributed by atoms with Gasteiger partial charge in [0.15, 0.2) is 5.78 Å². The minimum atomic E-state index is -0.375. The predicted molar refractivity (Wildman–Crippen MR) is 131 cm³/mol. The number of halogens is 1. The van der Waals surface area contributed by atoms with E-state index in [9.17, 15) is 4.79 Å². The lowest BCUT2D eigenvalue weighted by molar-refractivity contribution is -0.116. The lowest BCUT2D eigenvalue weighted by Crippen LogP contribution is -2.27. The van der Waals surface area contributed by atoms with Gasteiger partial charge in [0.05, 0.1) is 31.6 Å². The summed E-state index contributed by atoms with van der Waals surface area (Å²) in [7, 11) is 3.28. The molecule has 1 heterocycles. The Morgan fingerprint density at radius 3 is 2.39 bits per heavy atom. The van der Waals surface area contributed by atoms with E-state index in [1.165, 1.54) is 0 Å². The molecule has 2 N–H and O–H groups in total. The van der Waals surface area contributed by atoms with Crippen LogP contribution in [0.15, 0.2) is 78.0 Å². The summed E-state index contributed by atoms with van der Waals surface area (Å²) in [6.45, 7) is 0. The van der Waals surface area contributed by atoms with E-state index < -0.39 is 0 Å². The zero-order chi connectivity index (χ0) is 22.9. The number of benzene rings is 3. The average Bonchev–Trinajstić information content (AvgIpc) is 3.01. The maximum atomic E-state index is 13.7. The van der Waals surface area contributed by atoms with Gasteiger partial charge in [0.1, 0.15) is 11.5 Å². The number of fused-ring (bicyclic) bond motifs is 1. The molecule has 2 atom stereocenters. The van der Waals surface area contributed by atoms with Crippen LogP contribution in [0.2, 0.25) is 5.02 Å². The van der Waals surface area contributed by atoms with E-state index in [4.69, 9.17) is 21.1 Å². The molecule has 2 aliphatic rings. The Morgan fingerprint density at radius 2 is 1.67 bits per heavy atom. The van der Waals surface area contributed by atoms with Gasteiger partial charge in [-0.2, -0.15) is 0 Å². The molecule has 168 valence electrons. The van der Waals surface area contributed by atoms with Crippen LogP contribution >= 0.6 is 11.6 Å². The molecule has 6 heteroatoms. The third-order valence-corrected chi connectivity index (χ3v) is 6.65. The zero-order valence-corrected chi connectivity index (χ0v) is 19.3. The van der Waals surface area contributed by atoms with E-state index in [2.05, 4.69) is 10.6 Å². The molecule has 3 aromatic rings. The highest BCUT2D eigenvalue weighted by Gasteiger charge is 2.37. The number of hydrogen-bond acceptors (Lipinski definition) is 5. The lowest BCUT2D eigenvalue weighted by atomic mass is 9.78. The zero-order valence-electron chi connectivity index (χ0n) is 18.5. The van der Waals surface area contributed by atoms with Crippen LogP contribution in [0.25, 0.3) is 0 Å². The molecule has 1 aliphatic carbocycles. The Morgan fingerprint density at radius 1 is 0.909 bits per heavy atom. The second-order valence-corrected chi connectivity index (χ2v) is 8.76. The lowest BCUT2D eigenvalue weighted by Gasteiger charge is -2.30. The topological polar surface area (TPSA) is 59.6 Å². The Hall–Kier alpha value is -3.44. The number of carbonyl (C=O) groups excluding carboxylic acids is 1. The molecular formula is C27H25ClN2O3. The average molecular weight is 461 g/mol. The summed E-state index contributed by atoms with van der Waals surface area (Å²) in [5.74, 6) is 1.60. The van der Waals surface area contributed by atoms with Gasteiger partial charge in [-0.25, -0.2) is 0 Å². The Labute approximate surface area is 198 Å². The highest BCUT2D eigenvalue weighted by atomic mass is 35.5. The van der Waals surface area contributed by atoms with Crippen LogP contribution in [0.1, 0.15) is 35.9 Å². The molecule has 0 spiro atoms. The quantitative estimate of drug-likeness (QED) is 0.476. The molecule has 0 bridgehead atoms. The van der Waals surface area contributed by atoms with Crippen molar-refractivity contribution >= 4 is 28.8 Å². The normalized spacial score (nSPS) is 19.5. The number of allylic oxidation sites excluding steroid dienone is 1. The van der Waals surface area contributed by atoms with Crippen molar-refractivity contribution in [3.05, 3.63) is 94.1 Å². The molecular weight excluding hydrogens is 436 g/mol. The van der Waals surface area contributed by atoms with Gasteiger partial charge in [-0.3, -0.25) is 4.79 Å². The number of ketones is 1. The number of nitrogens with one attached hydrogen (secondary N) is 2. The smallest absolute Gasteiger partial charge is 0.163 e. The van der Waals surface area contributed by atoms with E-state index in [1.807, 2.05) is 66.7 Å². The number of anilines is 2. The fourth-order valence-electron chi connectivity index (χ4n) is 4.76. The van der Waals surface area contributed by atoms with Gasteiger partial charge in [0.2, 0.25) is 0 Å². The first kappa shape index (κ1) is 21.4. The Kier molecular flexibility index (Phi) is 5.73. The summed E-state index contributed by atoms with van der Waals surface area (Å²) < 4.78 is 11.2. The first-order valence-corrected chi connectivity index (χ1v) is 11.3. The highest BCUT2D eigenvalue weighted by molar-refractivity contribution is 6.30. The van der Waals surface area contributed by atoms with Gasteiger partial charge in [-0.05, 0) is 60.4 Å². The summed E-state index contributed by atoms with van der Waals surface area (Å²) in [5.41, 5.74) is 5.52. The van der Waals surface area contributed by atoms with Crippen molar-refractivity contribution in [3.8, 4) is 11.5 Å². The predicted octanol–water partition coefficient (Wildman–Crippen LogP) is 6.34. The van der Waals surface area contributed by atoms with Gasteiger partial charge in [0.25, 0.3) is 0 Å². The van der Waals surface area contributed by atoms with Crippen molar-refractivity contribution in [1.82, 2.24) is 0 Å². The molecule has 0 saturated carbocycles. The minimum absolute atomic E-state index is 0.0825. The van der Waals surface area contributed by atoms with Gasteiger partial charge in [0, 0.05) is 28.3 Å². The van der Waals surface area contributed by atoms with Crippen LogP contribution in [-0.2, 0) is 4.79 Å². The Balaban J connectivity index is 1.64. The first-order chi connectivity index (χ1) is 16.1. The van der Waals surface area contributed by atoms with Crippen LogP contribution < -0.4 is 20.1 Å². The number of ether oxygens (including phenoxy) is 2. The number of methoxy groups -OCH3 is 2. The molecule has 1 aliphatic heterocycles. The highest BCUT2D eigenvalue weighted by Crippen LogP contribution is 2.46. The summed E-state index contributed by atoms with van der Waals surface area (Å²) >= 11 is 6.09. The van der Waals surface area contributed by atoms with Crippen LogP contribution in [0, 0.1) is 0 Å². The van der Waals surface area contributed by atoms with Crippen molar-refractivity contribution < 1.29 is 14.3 Å². The van der Waals surface area contributed by atoms with E-state index in [0.29, 0.717) is 22.9 Å². The number of rotatable bonds is 4. The van der Waals surface area contributed by atoms with Gasteiger partial charge in [-0.15, -0.1) is 0 Å². The van der Waals surface area contributed by atoms with Crippen molar-refractivity contribution in [1.29, 1.82) is 0 Å². The molecule has 0 unspecified atom stereocenters. The number of hydrogen-bond donors (Lipinski definition) is 2. The van der Waals surface area contributed by atoms with E-state index >= 15 is 0 Å². The molecule has 3 aromatic carbocycles. The second kappa shape index (κ2) is 8.83. The summed E-state index contributed by atoms with van der Waals surface area (Å²) in [4.78, 5) is 13.7. The fourth-order valence-corrected chi connectivity index (χ4v) is 4.89. The molecule has 0 radical (unpaired) electrons. The molecule has 33 heavy (non-hydrogen) atoms. The SMILES string of the molecule is COc1ccc(OC)c([C@H]2Nc3ccccc3NC3=C2C(=O)C[C@H](c2ccc(Cl)cc2)C3)c1. The van der Waals surface area contributed by atoms with Crippen molar-refractivity contribution in [2.45, 2.75) is 24.8 Å². The third-order valence-electron chi connectivity index (χ3n) is 6.40. The summed E-state index contributed by atoms with van der Waals surface area (Å²) in [6.07, 6.45) is 1.16. The number of carbonyl (C=O) groups is 1. The monoisotopic (exact) mass is 460 g/mol. The van der Waals surface area contributed by atoms with Crippen molar-refractivity contribution in [3.63, 3.8) is 0 Å². The van der Waals surface area contributed by atoms with Gasteiger partial charge >= 0.3 is 0 Å². The summed E-state index contributed by atoms with van der Waals surface area (Å²) in [6, 6.07) is 21.1. The minimum Gasteiger partial charge on any atom is -0.497 e. The molecule has 0 aromatic heterocycles. The van der Waals surface area contributed by atoms with Gasteiger partial charge in [-0.1, -0.05) is 35.9 Å². The maximum Gasteiger partial charge on any atom is 0.163 e. The number of para-hydroxylation sites is 2. The largest absolute Gasteiger partial charge is 0.497 e. The Bertz CT molecular complexity index is 1240. The molecule has 0 saturated heterocycles. The van der Waals surface area contributed by atoms with Crippen LogP contribution in [0.3, 0.4) is 0 Å². The summed E-state index contributed by atoms with van der Waals surface area (Å²) in [5, 5.41) is 7.86. The molecule has 5 nitrogen and oxygen atoms in total. The standard InChI is InChI=1S/C27H25ClN2O3/c1-32-19-11-12-25(33-2)20(15-19)27-26-23(29-21-5-3-4-6-22(21)30-27)13-17(14-24(26)31)16-7-9-18(28)10-8-16/h3-12,15,17,27,29-30H,13-14H2,1-2H3/t17-,27-/m1/s1. The second-order valence-electron chi connectivity index (χ2n) is 8.33.